The van der Waals surface area contributed by atoms with Gasteiger partial charge in [-0.3, -0.25) is 9.59 Å². The van der Waals surface area contributed by atoms with Gasteiger partial charge in [0.1, 0.15) is 23.0 Å². The SMILES string of the molecule is C=C(N=C(NN)C(C)C)C1(NC(=O)c2ccc(C)c(-c3ccc4oc(-c5ccc(F)cc5)c(C(=O)NC)c4c3)c2)CC1. The van der Waals surface area contributed by atoms with Gasteiger partial charge in [0, 0.05) is 29.5 Å². The number of aryl methyl sites for hydroxylation is 1. The molecule has 216 valence electrons. The molecule has 0 unspecified atom stereocenters. The van der Waals surface area contributed by atoms with Gasteiger partial charge in [-0.25, -0.2) is 15.2 Å². The van der Waals surface area contributed by atoms with E-state index in [4.69, 9.17) is 10.3 Å². The fraction of sp³-hybridized carbons (Fsp3) is 0.242. The van der Waals surface area contributed by atoms with Crippen molar-refractivity contribution in [3.8, 4) is 22.5 Å². The lowest BCUT2D eigenvalue weighted by Gasteiger charge is -2.20. The molecule has 3 aromatic carbocycles. The molecular weight excluding hydrogens is 533 g/mol. The quantitative estimate of drug-likeness (QED) is 0.0919. The number of hydrogen-bond donors (Lipinski definition) is 4. The molecule has 0 bridgehead atoms. The number of halogens is 1. The third kappa shape index (κ3) is 5.43. The van der Waals surface area contributed by atoms with Gasteiger partial charge in [-0.05, 0) is 85.0 Å². The summed E-state index contributed by atoms with van der Waals surface area (Å²) in [5, 5.41) is 6.42. The van der Waals surface area contributed by atoms with Crippen LogP contribution >= 0.6 is 0 Å². The first-order chi connectivity index (χ1) is 20.1. The third-order valence-corrected chi connectivity index (χ3v) is 7.66. The number of nitrogens with two attached hydrogens (primary N) is 1. The predicted octanol–water partition coefficient (Wildman–Crippen LogP) is 5.87. The molecule has 42 heavy (non-hydrogen) atoms. The number of carbonyl (C=O) groups is 2. The van der Waals surface area contributed by atoms with Crippen molar-refractivity contribution in [2.75, 3.05) is 7.05 Å². The fourth-order valence-corrected chi connectivity index (χ4v) is 4.98. The number of amides is 2. The number of nitrogens with one attached hydrogen (secondary N) is 3. The maximum Gasteiger partial charge on any atom is 0.255 e. The molecule has 5 rings (SSSR count). The summed E-state index contributed by atoms with van der Waals surface area (Å²) in [6.07, 6.45) is 1.48. The normalized spacial score (nSPS) is 14.1. The van der Waals surface area contributed by atoms with Crippen molar-refractivity contribution < 1.29 is 18.4 Å². The van der Waals surface area contributed by atoms with Crippen LogP contribution in [-0.4, -0.2) is 30.2 Å². The molecule has 1 aromatic heterocycles. The highest BCUT2D eigenvalue weighted by atomic mass is 19.1. The number of rotatable bonds is 8. The van der Waals surface area contributed by atoms with Crippen LogP contribution in [0.15, 0.2) is 82.3 Å². The van der Waals surface area contributed by atoms with Crippen molar-refractivity contribution in [1.82, 2.24) is 16.1 Å². The van der Waals surface area contributed by atoms with Crippen molar-refractivity contribution >= 4 is 28.6 Å². The number of carbonyl (C=O) groups excluding carboxylic acids is 2. The van der Waals surface area contributed by atoms with Gasteiger partial charge in [0.2, 0.25) is 0 Å². The van der Waals surface area contributed by atoms with Gasteiger partial charge >= 0.3 is 0 Å². The number of amidine groups is 1. The van der Waals surface area contributed by atoms with E-state index < -0.39 is 5.54 Å². The van der Waals surface area contributed by atoms with E-state index in [1.54, 1.807) is 31.3 Å². The zero-order valence-corrected chi connectivity index (χ0v) is 24.1. The summed E-state index contributed by atoms with van der Waals surface area (Å²) in [6, 6.07) is 16.9. The van der Waals surface area contributed by atoms with Gasteiger partial charge in [0.25, 0.3) is 11.8 Å². The summed E-state index contributed by atoms with van der Waals surface area (Å²) in [7, 11) is 1.55. The molecule has 2 amide bonds. The van der Waals surface area contributed by atoms with E-state index in [1.165, 1.54) is 12.1 Å². The minimum Gasteiger partial charge on any atom is -0.455 e. The van der Waals surface area contributed by atoms with Gasteiger partial charge in [-0.15, -0.1) is 0 Å². The van der Waals surface area contributed by atoms with Crippen molar-refractivity contribution in [3.63, 3.8) is 0 Å². The minimum absolute atomic E-state index is 0.0844. The first-order valence-corrected chi connectivity index (χ1v) is 13.8. The van der Waals surface area contributed by atoms with Crippen LogP contribution in [0.1, 0.15) is 53.0 Å². The van der Waals surface area contributed by atoms with Gasteiger partial charge in [-0.2, -0.15) is 0 Å². The molecule has 8 nitrogen and oxygen atoms in total. The van der Waals surface area contributed by atoms with Crippen molar-refractivity contribution in [2.24, 2.45) is 16.8 Å². The van der Waals surface area contributed by atoms with Crippen LogP contribution in [-0.2, 0) is 0 Å². The summed E-state index contributed by atoms with van der Waals surface area (Å²) in [6.45, 7) is 10.0. The van der Waals surface area contributed by atoms with Crippen molar-refractivity contribution in [2.45, 2.75) is 39.2 Å². The van der Waals surface area contributed by atoms with Crippen molar-refractivity contribution in [3.05, 3.63) is 95.4 Å². The van der Waals surface area contributed by atoms with Crippen LogP contribution in [0.2, 0.25) is 0 Å². The highest BCUT2D eigenvalue weighted by Gasteiger charge is 2.47. The Balaban J connectivity index is 1.49. The monoisotopic (exact) mass is 567 g/mol. The second-order valence-electron chi connectivity index (χ2n) is 10.9. The molecule has 0 atom stereocenters. The fourth-order valence-electron chi connectivity index (χ4n) is 4.98. The number of fused-ring (bicyclic) bond motifs is 1. The van der Waals surface area contributed by atoms with Gasteiger partial charge in [0.05, 0.1) is 16.8 Å². The Morgan fingerprint density at radius 2 is 1.71 bits per heavy atom. The molecule has 5 N–H and O–H groups in total. The van der Waals surface area contributed by atoms with Crippen LogP contribution in [0.25, 0.3) is 33.4 Å². The van der Waals surface area contributed by atoms with E-state index in [2.05, 4.69) is 27.6 Å². The maximum absolute atomic E-state index is 13.6. The summed E-state index contributed by atoms with van der Waals surface area (Å²) in [4.78, 5) is 31.0. The van der Waals surface area contributed by atoms with Crippen LogP contribution < -0.4 is 21.9 Å². The largest absolute Gasteiger partial charge is 0.455 e. The molecule has 0 radical (unpaired) electrons. The molecule has 1 aliphatic rings. The summed E-state index contributed by atoms with van der Waals surface area (Å²) in [5.74, 6) is 5.73. The Bertz CT molecular complexity index is 1730. The Labute approximate surface area is 243 Å². The molecule has 9 heteroatoms. The molecule has 0 aliphatic heterocycles. The zero-order valence-electron chi connectivity index (χ0n) is 24.1. The van der Waals surface area contributed by atoms with Crippen LogP contribution in [0.5, 0.6) is 0 Å². The van der Waals surface area contributed by atoms with E-state index in [0.29, 0.717) is 45.0 Å². The van der Waals surface area contributed by atoms with E-state index >= 15 is 0 Å². The van der Waals surface area contributed by atoms with E-state index in [9.17, 15) is 14.0 Å². The maximum atomic E-state index is 13.6. The molecule has 0 saturated heterocycles. The first-order valence-electron chi connectivity index (χ1n) is 13.8. The van der Waals surface area contributed by atoms with Crippen LogP contribution in [0.3, 0.4) is 0 Å². The van der Waals surface area contributed by atoms with Gasteiger partial charge < -0.3 is 20.5 Å². The standard InChI is InChI=1S/C33H34FN5O3/c1-18(2)30(39-35)37-20(4)33(14-15-33)38-31(40)23-7-6-19(3)25(17-23)22-10-13-27-26(16-22)28(32(41)36-5)29(42-27)21-8-11-24(34)12-9-21/h6-13,16-18H,4,14-15,35H2,1-3,5H3,(H,36,41)(H,37,39)(H,38,40). The molecule has 1 aliphatic carbocycles. The highest BCUT2D eigenvalue weighted by Crippen LogP contribution is 2.43. The van der Waals surface area contributed by atoms with Crippen molar-refractivity contribution in [1.29, 1.82) is 0 Å². The molecule has 1 saturated carbocycles. The van der Waals surface area contributed by atoms with Gasteiger partial charge in [-0.1, -0.05) is 32.6 Å². The third-order valence-electron chi connectivity index (χ3n) is 7.66. The van der Waals surface area contributed by atoms with E-state index in [-0.39, 0.29) is 23.5 Å². The molecule has 1 fully saturated rings. The molecule has 0 spiro atoms. The summed E-state index contributed by atoms with van der Waals surface area (Å²) >= 11 is 0. The summed E-state index contributed by atoms with van der Waals surface area (Å²) in [5.41, 5.74) is 7.15. The number of benzene rings is 3. The summed E-state index contributed by atoms with van der Waals surface area (Å²) < 4.78 is 19.7. The topological polar surface area (TPSA) is 122 Å². The lowest BCUT2D eigenvalue weighted by molar-refractivity contribution is 0.0935. The van der Waals surface area contributed by atoms with E-state index in [0.717, 1.165) is 29.5 Å². The second-order valence-corrected chi connectivity index (χ2v) is 10.9. The smallest absolute Gasteiger partial charge is 0.255 e. The predicted molar refractivity (Wildman–Crippen MR) is 163 cm³/mol. The molecule has 4 aromatic rings. The lowest BCUT2D eigenvalue weighted by atomic mass is 9.95. The number of nitrogens with zero attached hydrogens (tertiary/aromatic N) is 1. The molecule has 1 heterocycles. The van der Waals surface area contributed by atoms with E-state index in [1.807, 2.05) is 45.0 Å². The minimum atomic E-state index is -0.603. The highest BCUT2D eigenvalue weighted by molar-refractivity contribution is 6.12. The Hall–Kier alpha value is -4.76. The second kappa shape index (κ2) is 11.3. The Morgan fingerprint density at radius 1 is 1.02 bits per heavy atom. The van der Waals surface area contributed by atoms with Crippen LogP contribution in [0, 0.1) is 18.7 Å². The first kappa shape index (κ1) is 28.8. The average molecular weight is 568 g/mol. The molecular formula is C33H34FN5O3. The number of hydrazine groups is 1. The van der Waals surface area contributed by atoms with Crippen LogP contribution in [0.4, 0.5) is 4.39 Å². The zero-order chi connectivity index (χ0) is 30.2. The Morgan fingerprint density at radius 3 is 2.33 bits per heavy atom. The van der Waals surface area contributed by atoms with Gasteiger partial charge in [0.15, 0.2) is 0 Å². The Kier molecular flexibility index (Phi) is 7.71. The number of furan rings is 1. The number of aliphatic imine (C=N–C) groups is 1. The average Bonchev–Trinajstić information content (AvgIpc) is 3.67. The lowest BCUT2D eigenvalue weighted by Crippen LogP contribution is -2.39. The number of hydrogen-bond acceptors (Lipinski definition) is 5.